The largest absolute Gasteiger partial charge is 0.477 e. The van der Waals surface area contributed by atoms with E-state index in [1.165, 1.54) is 15.8 Å². The van der Waals surface area contributed by atoms with E-state index in [2.05, 4.69) is 0 Å². The molecule has 2 rings (SSSR count). The molecule has 0 aliphatic carbocycles. The number of hydrogen-bond donors (Lipinski definition) is 1. The van der Waals surface area contributed by atoms with Crippen LogP contribution in [0.2, 0.25) is 0 Å². The summed E-state index contributed by atoms with van der Waals surface area (Å²) in [4.78, 5) is 10.9. The van der Waals surface area contributed by atoms with E-state index in [9.17, 15) is 13.2 Å². The lowest BCUT2D eigenvalue weighted by Crippen LogP contribution is -2.41. The fraction of sp³-hybridized carbons (Fsp3) is 0.545. The van der Waals surface area contributed by atoms with Gasteiger partial charge in [-0.3, -0.25) is 0 Å². The number of thiophene rings is 1. The zero-order valence-electron chi connectivity index (χ0n) is 10.4. The third kappa shape index (κ3) is 2.96. The van der Waals surface area contributed by atoms with Crippen molar-refractivity contribution in [1.82, 2.24) is 4.31 Å². The van der Waals surface area contributed by atoms with Gasteiger partial charge in [-0.25, -0.2) is 13.2 Å². The molecule has 1 aliphatic rings. The van der Waals surface area contributed by atoms with E-state index in [0.717, 1.165) is 23.5 Å². The third-order valence-electron chi connectivity index (χ3n) is 3.00. The zero-order chi connectivity index (χ0) is 14.0. The maximum Gasteiger partial charge on any atom is 0.347 e. The highest BCUT2D eigenvalue weighted by atomic mass is 32.2. The molecule has 5 nitrogen and oxygen atoms in total. The minimum atomic E-state index is -3.69. The van der Waals surface area contributed by atoms with Gasteiger partial charge in [-0.1, -0.05) is 6.92 Å². The van der Waals surface area contributed by atoms with Crippen LogP contribution in [0.5, 0.6) is 0 Å². The maximum atomic E-state index is 12.5. The summed E-state index contributed by atoms with van der Waals surface area (Å²) in [5, 5.41) is 10.8. The van der Waals surface area contributed by atoms with Crippen molar-refractivity contribution < 1.29 is 18.3 Å². The molecule has 1 unspecified atom stereocenters. The lowest BCUT2D eigenvalue weighted by atomic mass is 10.3. The minimum absolute atomic E-state index is 0.0771. The van der Waals surface area contributed by atoms with Crippen molar-refractivity contribution >= 4 is 39.1 Å². The summed E-state index contributed by atoms with van der Waals surface area (Å²) in [6.07, 6.45) is 0.909. The predicted octanol–water partition coefficient (Wildman–Crippen LogP) is 1.96. The number of rotatable bonds is 4. The van der Waals surface area contributed by atoms with Gasteiger partial charge < -0.3 is 5.11 Å². The van der Waals surface area contributed by atoms with E-state index in [-0.39, 0.29) is 15.0 Å². The van der Waals surface area contributed by atoms with Gasteiger partial charge in [-0.05, 0) is 17.9 Å². The molecule has 0 radical (unpaired) electrons. The molecule has 2 heterocycles. The molecule has 106 valence electrons. The van der Waals surface area contributed by atoms with Gasteiger partial charge in [0.25, 0.3) is 0 Å². The average molecular weight is 321 g/mol. The van der Waals surface area contributed by atoms with E-state index in [1.54, 1.807) is 11.8 Å². The van der Waals surface area contributed by atoms with Gasteiger partial charge in [-0.2, -0.15) is 16.1 Å². The number of aromatic carboxylic acids is 1. The standard InChI is InChI=1S/C11H15NO4S3/c1-2-8-7-12(4-6-17-8)19(15,16)9-3-5-18-10(9)11(13)14/h3,5,8H,2,4,6-7H2,1H3,(H,13,14). The van der Waals surface area contributed by atoms with E-state index in [0.29, 0.717) is 13.1 Å². The van der Waals surface area contributed by atoms with Crippen LogP contribution in [-0.2, 0) is 10.0 Å². The van der Waals surface area contributed by atoms with Gasteiger partial charge in [0.05, 0.1) is 0 Å². The fourth-order valence-corrected chi connectivity index (χ4v) is 6.06. The Balaban J connectivity index is 2.31. The van der Waals surface area contributed by atoms with Crippen molar-refractivity contribution in [3.63, 3.8) is 0 Å². The molecule has 0 amide bonds. The second-order valence-electron chi connectivity index (χ2n) is 4.18. The molecule has 0 spiro atoms. The van der Waals surface area contributed by atoms with Crippen molar-refractivity contribution in [2.45, 2.75) is 23.5 Å². The van der Waals surface area contributed by atoms with Crippen LogP contribution in [0.4, 0.5) is 0 Å². The number of nitrogens with zero attached hydrogens (tertiary/aromatic N) is 1. The SMILES string of the molecule is CCC1CN(S(=O)(=O)c2ccsc2C(=O)O)CCS1. The van der Waals surface area contributed by atoms with E-state index < -0.39 is 16.0 Å². The Morgan fingerprint density at radius 2 is 2.32 bits per heavy atom. The van der Waals surface area contributed by atoms with Crippen molar-refractivity contribution in [2.75, 3.05) is 18.8 Å². The third-order valence-corrected chi connectivity index (χ3v) is 7.31. The van der Waals surface area contributed by atoms with Crippen molar-refractivity contribution in [3.8, 4) is 0 Å². The van der Waals surface area contributed by atoms with Gasteiger partial charge in [0.2, 0.25) is 10.0 Å². The van der Waals surface area contributed by atoms with E-state index >= 15 is 0 Å². The Morgan fingerprint density at radius 1 is 1.58 bits per heavy atom. The summed E-state index contributed by atoms with van der Waals surface area (Å²) in [6, 6.07) is 1.38. The Labute approximate surface area is 120 Å². The van der Waals surface area contributed by atoms with Crippen LogP contribution in [0.3, 0.4) is 0 Å². The number of sulfonamides is 1. The first kappa shape index (κ1) is 14.8. The zero-order valence-corrected chi connectivity index (χ0v) is 12.9. The van der Waals surface area contributed by atoms with E-state index in [1.807, 2.05) is 6.92 Å². The highest BCUT2D eigenvalue weighted by molar-refractivity contribution is 8.00. The second-order valence-corrected chi connectivity index (χ2v) is 8.41. The molecule has 1 saturated heterocycles. The molecule has 19 heavy (non-hydrogen) atoms. The number of thioether (sulfide) groups is 1. The Bertz CT molecular complexity index is 566. The molecule has 1 N–H and O–H groups in total. The predicted molar refractivity (Wildman–Crippen MR) is 76.6 cm³/mol. The summed E-state index contributed by atoms with van der Waals surface area (Å²) in [5.74, 6) is -0.434. The van der Waals surface area contributed by atoms with Crippen molar-refractivity contribution in [2.24, 2.45) is 0 Å². The van der Waals surface area contributed by atoms with Gasteiger partial charge >= 0.3 is 5.97 Å². The Morgan fingerprint density at radius 3 is 2.95 bits per heavy atom. The van der Waals surface area contributed by atoms with Crippen LogP contribution in [0, 0.1) is 0 Å². The molecule has 0 saturated carbocycles. The van der Waals surface area contributed by atoms with E-state index in [4.69, 9.17) is 5.11 Å². The molecule has 0 bridgehead atoms. The lowest BCUT2D eigenvalue weighted by molar-refractivity contribution is 0.0698. The number of hydrogen-bond acceptors (Lipinski definition) is 5. The summed E-state index contributed by atoms with van der Waals surface area (Å²) >= 11 is 2.72. The van der Waals surface area contributed by atoms with Gasteiger partial charge in [0, 0.05) is 24.1 Å². The van der Waals surface area contributed by atoms with Crippen molar-refractivity contribution in [3.05, 3.63) is 16.3 Å². The summed E-state index contributed by atoms with van der Waals surface area (Å²) < 4.78 is 26.4. The van der Waals surface area contributed by atoms with Crippen LogP contribution < -0.4 is 0 Å². The minimum Gasteiger partial charge on any atom is -0.477 e. The molecule has 1 aromatic rings. The van der Waals surface area contributed by atoms with Gasteiger partial charge in [-0.15, -0.1) is 11.3 Å². The molecule has 1 aromatic heterocycles. The summed E-state index contributed by atoms with van der Waals surface area (Å²) in [7, 11) is -3.69. The second kappa shape index (κ2) is 5.82. The van der Waals surface area contributed by atoms with Gasteiger partial charge in [0.1, 0.15) is 9.77 Å². The molecule has 1 atom stereocenters. The number of carbonyl (C=O) groups is 1. The molecule has 1 fully saturated rings. The van der Waals surface area contributed by atoms with Crippen LogP contribution in [0.1, 0.15) is 23.0 Å². The molecular weight excluding hydrogens is 306 g/mol. The average Bonchev–Trinajstić information content (AvgIpc) is 2.89. The summed E-state index contributed by atoms with van der Waals surface area (Å²) in [6.45, 7) is 2.93. The van der Waals surface area contributed by atoms with Crippen LogP contribution in [0.15, 0.2) is 16.3 Å². The first-order valence-corrected chi connectivity index (χ1v) is 9.26. The fourth-order valence-electron chi connectivity index (χ4n) is 1.95. The van der Waals surface area contributed by atoms with Crippen LogP contribution in [0.25, 0.3) is 0 Å². The van der Waals surface area contributed by atoms with Crippen LogP contribution in [-0.4, -0.2) is 47.9 Å². The van der Waals surface area contributed by atoms with Gasteiger partial charge in [0.15, 0.2) is 0 Å². The summed E-state index contributed by atoms with van der Waals surface area (Å²) in [5.41, 5.74) is 0. The molecular formula is C11H15NO4S3. The topological polar surface area (TPSA) is 74.7 Å². The first-order chi connectivity index (χ1) is 8.96. The highest BCUT2D eigenvalue weighted by Gasteiger charge is 2.33. The smallest absolute Gasteiger partial charge is 0.347 e. The van der Waals surface area contributed by atoms with Crippen molar-refractivity contribution in [1.29, 1.82) is 0 Å². The highest BCUT2D eigenvalue weighted by Crippen LogP contribution is 2.29. The first-order valence-electron chi connectivity index (χ1n) is 5.89. The molecule has 1 aliphatic heterocycles. The maximum absolute atomic E-state index is 12.5. The molecule has 0 aromatic carbocycles. The molecule has 8 heteroatoms. The quantitative estimate of drug-likeness (QED) is 0.917. The Hall–Kier alpha value is -0.570. The number of carboxylic acid groups (broad SMARTS) is 1. The normalized spacial score (nSPS) is 21.4. The Kier molecular flexibility index (Phi) is 4.54. The number of carboxylic acids is 1. The monoisotopic (exact) mass is 321 g/mol. The lowest BCUT2D eigenvalue weighted by Gasteiger charge is -2.30. The van der Waals surface area contributed by atoms with Crippen LogP contribution >= 0.6 is 23.1 Å².